The predicted octanol–water partition coefficient (Wildman–Crippen LogP) is 2.70. The highest BCUT2D eigenvalue weighted by Gasteiger charge is 2.12. The van der Waals surface area contributed by atoms with Crippen LogP contribution < -0.4 is 0 Å². The molecule has 0 saturated heterocycles. The second kappa shape index (κ2) is 5.07. The van der Waals surface area contributed by atoms with Crippen molar-refractivity contribution in [2.75, 3.05) is 7.11 Å². The molecule has 1 atom stereocenters. The van der Waals surface area contributed by atoms with E-state index in [-0.39, 0.29) is 0 Å². The molecule has 0 N–H and O–H groups in total. The molecular formula is C11H12O3. The third-order valence-electron chi connectivity index (χ3n) is 1.73. The zero-order valence-corrected chi connectivity index (χ0v) is 7.97. The van der Waals surface area contributed by atoms with E-state index in [9.17, 15) is 4.79 Å². The Morgan fingerprint density at radius 2 is 2.07 bits per heavy atom. The van der Waals surface area contributed by atoms with Crippen molar-refractivity contribution in [3.8, 4) is 0 Å². The number of ether oxygens (including phenoxy) is 2. The maximum absolute atomic E-state index is 10.9. The van der Waals surface area contributed by atoms with E-state index in [1.807, 2.05) is 30.3 Å². The summed E-state index contributed by atoms with van der Waals surface area (Å²) in [5.41, 5.74) is 0.868. The number of hydrogen-bond donors (Lipinski definition) is 0. The van der Waals surface area contributed by atoms with Crippen LogP contribution in [0.2, 0.25) is 0 Å². The lowest BCUT2D eigenvalue weighted by Crippen LogP contribution is -2.09. The molecule has 0 heterocycles. The molecule has 1 rings (SSSR count). The molecule has 0 aromatic heterocycles. The minimum absolute atomic E-state index is 0.455. The maximum atomic E-state index is 10.9. The van der Waals surface area contributed by atoms with Gasteiger partial charge in [-0.15, -0.1) is 0 Å². The summed E-state index contributed by atoms with van der Waals surface area (Å²) < 4.78 is 9.35. The number of carbonyl (C=O) groups is 1. The van der Waals surface area contributed by atoms with E-state index in [1.54, 1.807) is 6.08 Å². The summed E-state index contributed by atoms with van der Waals surface area (Å²) in [7, 11) is 1.27. The van der Waals surface area contributed by atoms with Gasteiger partial charge in [-0.2, -0.15) is 0 Å². The minimum Gasteiger partial charge on any atom is -0.438 e. The Balaban J connectivity index is 2.73. The third-order valence-corrected chi connectivity index (χ3v) is 1.73. The largest absolute Gasteiger partial charge is 0.508 e. The quantitative estimate of drug-likeness (QED) is 0.545. The summed E-state index contributed by atoms with van der Waals surface area (Å²) in [6.07, 6.45) is 0.383. The number of rotatable bonds is 3. The van der Waals surface area contributed by atoms with Gasteiger partial charge in [0.1, 0.15) is 6.10 Å². The summed E-state index contributed by atoms with van der Waals surface area (Å²) in [6.45, 7) is 3.59. The van der Waals surface area contributed by atoms with Gasteiger partial charge in [-0.25, -0.2) is 4.79 Å². The molecule has 14 heavy (non-hydrogen) atoms. The Bertz CT molecular complexity index is 306. The van der Waals surface area contributed by atoms with Crippen LogP contribution in [0.15, 0.2) is 43.0 Å². The molecule has 0 radical (unpaired) electrons. The lowest BCUT2D eigenvalue weighted by atomic mass is 10.1. The molecule has 1 aromatic rings. The van der Waals surface area contributed by atoms with Crippen LogP contribution in [0.4, 0.5) is 4.79 Å². The van der Waals surface area contributed by atoms with Gasteiger partial charge in [0.2, 0.25) is 0 Å². The molecule has 3 heteroatoms. The van der Waals surface area contributed by atoms with E-state index in [2.05, 4.69) is 11.3 Å². The first-order valence-corrected chi connectivity index (χ1v) is 4.20. The molecule has 0 aliphatic heterocycles. The van der Waals surface area contributed by atoms with Crippen LogP contribution in [0.5, 0.6) is 0 Å². The highest BCUT2D eigenvalue weighted by Crippen LogP contribution is 2.18. The first-order valence-electron chi connectivity index (χ1n) is 4.20. The molecule has 1 aromatic carbocycles. The average Bonchev–Trinajstić information content (AvgIpc) is 2.26. The van der Waals surface area contributed by atoms with Crippen molar-refractivity contribution in [2.24, 2.45) is 0 Å². The highest BCUT2D eigenvalue weighted by atomic mass is 16.7. The molecule has 0 aliphatic carbocycles. The van der Waals surface area contributed by atoms with E-state index in [0.717, 1.165) is 5.56 Å². The molecule has 0 unspecified atom stereocenters. The van der Waals surface area contributed by atoms with Gasteiger partial charge in [-0.05, 0) is 11.6 Å². The monoisotopic (exact) mass is 192 g/mol. The van der Waals surface area contributed by atoms with Crippen molar-refractivity contribution in [3.05, 3.63) is 48.6 Å². The minimum atomic E-state index is -0.709. The topological polar surface area (TPSA) is 35.5 Å². The molecule has 0 saturated carbocycles. The van der Waals surface area contributed by atoms with E-state index in [0.29, 0.717) is 0 Å². The van der Waals surface area contributed by atoms with E-state index < -0.39 is 12.3 Å². The molecule has 0 amide bonds. The Morgan fingerprint density at radius 3 is 2.57 bits per heavy atom. The summed E-state index contributed by atoms with van der Waals surface area (Å²) in [6, 6.07) is 9.34. The van der Waals surface area contributed by atoms with Crippen LogP contribution in [0.25, 0.3) is 0 Å². The van der Waals surface area contributed by atoms with Crippen molar-refractivity contribution in [3.63, 3.8) is 0 Å². The van der Waals surface area contributed by atoms with Gasteiger partial charge in [-0.1, -0.05) is 36.9 Å². The number of methoxy groups -OCH3 is 1. The fourth-order valence-electron chi connectivity index (χ4n) is 1.05. The fraction of sp³-hybridized carbons (Fsp3) is 0.182. The van der Waals surface area contributed by atoms with Crippen molar-refractivity contribution < 1.29 is 14.3 Å². The second-order valence-electron chi connectivity index (χ2n) is 2.64. The van der Waals surface area contributed by atoms with Crippen molar-refractivity contribution in [2.45, 2.75) is 6.10 Å². The normalized spacial score (nSPS) is 11.5. The van der Waals surface area contributed by atoms with Crippen molar-refractivity contribution >= 4 is 6.16 Å². The summed E-state index contributed by atoms with van der Waals surface area (Å²) in [5, 5.41) is 0. The van der Waals surface area contributed by atoms with Gasteiger partial charge >= 0.3 is 6.16 Å². The Labute approximate surface area is 83.0 Å². The van der Waals surface area contributed by atoms with Crippen LogP contribution >= 0.6 is 0 Å². The lowest BCUT2D eigenvalue weighted by Gasteiger charge is -2.12. The lowest BCUT2D eigenvalue weighted by molar-refractivity contribution is 0.0523. The average molecular weight is 192 g/mol. The Hall–Kier alpha value is -1.77. The Morgan fingerprint density at radius 1 is 1.43 bits per heavy atom. The Kier molecular flexibility index (Phi) is 3.73. The number of benzene rings is 1. The van der Waals surface area contributed by atoms with E-state index >= 15 is 0 Å². The predicted molar refractivity (Wildman–Crippen MR) is 52.9 cm³/mol. The van der Waals surface area contributed by atoms with Gasteiger partial charge in [0.15, 0.2) is 0 Å². The molecule has 0 spiro atoms. The first-order chi connectivity index (χ1) is 6.77. The number of carbonyl (C=O) groups excluding carboxylic acids is 1. The van der Waals surface area contributed by atoms with Gasteiger partial charge < -0.3 is 9.47 Å². The van der Waals surface area contributed by atoms with Gasteiger partial charge in [0, 0.05) is 0 Å². The van der Waals surface area contributed by atoms with Gasteiger partial charge in [0.05, 0.1) is 7.11 Å². The summed E-state index contributed by atoms with van der Waals surface area (Å²) in [4.78, 5) is 10.9. The van der Waals surface area contributed by atoms with Crippen molar-refractivity contribution in [1.29, 1.82) is 0 Å². The smallest absolute Gasteiger partial charge is 0.438 e. The molecule has 0 bridgehead atoms. The van der Waals surface area contributed by atoms with E-state index in [1.165, 1.54) is 7.11 Å². The van der Waals surface area contributed by atoms with Crippen LogP contribution in [0.1, 0.15) is 11.7 Å². The van der Waals surface area contributed by atoms with Crippen LogP contribution in [-0.2, 0) is 9.47 Å². The SMILES string of the molecule is C=C[C@H](OC(=O)OC)c1ccccc1. The zero-order valence-electron chi connectivity index (χ0n) is 7.97. The fourth-order valence-corrected chi connectivity index (χ4v) is 1.05. The highest BCUT2D eigenvalue weighted by molar-refractivity contribution is 5.60. The second-order valence-corrected chi connectivity index (χ2v) is 2.64. The molecular weight excluding hydrogens is 180 g/mol. The summed E-state index contributed by atoms with van der Waals surface area (Å²) in [5.74, 6) is 0. The van der Waals surface area contributed by atoms with E-state index in [4.69, 9.17) is 4.74 Å². The maximum Gasteiger partial charge on any atom is 0.508 e. The molecule has 74 valence electrons. The summed E-state index contributed by atoms with van der Waals surface area (Å²) >= 11 is 0. The molecule has 0 fully saturated rings. The zero-order chi connectivity index (χ0) is 10.4. The van der Waals surface area contributed by atoms with Gasteiger partial charge in [-0.3, -0.25) is 0 Å². The number of hydrogen-bond acceptors (Lipinski definition) is 3. The standard InChI is InChI=1S/C11H12O3/c1-3-10(14-11(12)13-2)9-7-5-4-6-8-9/h3-8,10H,1H2,2H3/t10-/m0/s1. The van der Waals surface area contributed by atoms with Crippen molar-refractivity contribution in [1.82, 2.24) is 0 Å². The molecule has 0 aliphatic rings. The third kappa shape index (κ3) is 2.62. The van der Waals surface area contributed by atoms with Crippen LogP contribution in [0, 0.1) is 0 Å². The van der Waals surface area contributed by atoms with Crippen LogP contribution in [-0.4, -0.2) is 13.3 Å². The molecule has 3 nitrogen and oxygen atoms in total. The van der Waals surface area contributed by atoms with Gasteiger partial charge in [0.25, 0.3) is 0 Å². The first kappa shape index (κ1) is 10.3. The van der Waals surface area contributed by atoms with Crippen LogP contribution in [0.3, 0.4) is 0 Å².